The minimum atomic E-state index is -0.301. The number of benzene rings is 3. The van der Waals surface area contributed by atoms with Gasteiger partial charge in [0.15, 0.2) is 11.0 Å². The summed E-state index contributed by atoms with van der Waals surface area (Å²) in [4.78, 5) is 13.0. The fraction of sp³-hybridized carbons (Fsp3) is 0.0800. The average molecular weight is 485 g/mol. The molecule has 2 heterocycles. The maximum atomic E-state index is 13.5. The van der Waals surface area contributed by atoms with E-state index in [1.165, 1.54) is 23.9 Å². The maximum absolute atomic E-state index is 13.5. The SMILES string of the molecule is Nc1nc(CSc2nnc(-c3ccc(F)cc3)n2Cc2ccccc2)nc(Nc2ccccc2)n1. The van der Waals surface area contributed by atoms with Crippen molar-refractivity contribution in [1.29, 1.82) is 0 Å². The van der Waals surface area contributed by atoms with Gasteiger partial charge in [-0.05, 0) is 42.0 Å². The van der Waals surface area contributed by atoms with E-state index >= 15 is 0 Å². The third-order valence-corrected chi connectivity index (χ3v) is 6.02. The number of para-hydroxylation sites is 1. The van der Waals surface area contributed by atoms with Gasteiger partial charge in [-0.15, -0.1) is 10.2 Å². The Morgan fingerprint density at radius 1 is 0.829 bits per heavy atom. The Hall–Kier alpha value is -4.31. The molecule has 0 saturated carbocycles. The van der Waals surface area contributed by atoms with Crippen LogP contribution in [0.3, 0.4) is 0 Å². The molecule has 0 aliphatic carbocycles. The van der Waals surface area contributed by atoms with E-state index < -0.39 is 0 Å². The molecule has 0 radical (unpaired) electrons. The van der Waals surface area contributed by atoms with Crippen LogP contribution in [-0.4, -0.2) is 29.7 Å². The Bertz CT molecular complexity index is 1410. The van der Waals surface area contributed by atoms with Gasteiger partial charge in [0.2, 0.25) is 11.9 Å². The van der Waals surface area contributed by atoms with E-state index in [9.17, 15) is 4.39 Å². The quantitative estimate of drug-likeness (QED) is 0.298. The first-order valence-corrected chi connectivity index (χ1v) is 11.8. The molecule has 2 aromatic heterocycles. The minimum Gasteiger partial charge on any atom is -0.368 e. The van der Waals surface area contributed by atoms with E-state index in [1.807, 2.05) is 65.2 Å². The van der Waals surface area contributed by atoms with Gasteiger partial charge >= 0.3 is 0 Å². The highest BCUT2D eigenvalue weighted by Crippen LogP contribution is 2.27. The second-order valence-electron chi connectivity index (χ2n) is 7.60. The molecule has 174 valence electrons. The van der Waals surface area contributed by atoms with Crippen molar-refractivity contribution in [3.05, 3.63) is 102 Å². The molecule has 5 aromatic rings. The van der Waals surface area contributed by atoms with Gasteiger partial charge < -0.3 is 11.1 Å². The van der Waals surface area contributed by atoms with Crippen LogP contribution in [0.25, 0.3) is 11.4 Å². The summed E-state index contributed by atoms with van der Waals surface area (Å²) in [6.07, 6.45) is 0. The Morgan fingerprint density at radius 3 is 2.29 bits per heavy atom. The molecule has 0 spiro atoms. The number of thioether (sulfide) groups is 1. The van der Waals surface area contributed by atoms with E-state index in [0.717, 1.165) is 16.8 Å². The largest absolute Gasteiger partial charge is 0.368 e. The molecule has 35 heavy (non-hydrogen) atoms. The summed E-state index contributed by atoms with van der Waals surface area (Å²) in [6, 6.07) is 25.8. The van der Waals surface area contributed by atoms with Crippen molar-refractivity contribution in [2.24, 2.45) is 0 Å². The summed E-state index contributed by atoms with van der Waals surface area (Å²) in [7, 11) is 0. The lowest BCUT2D eigenvalue weighted by molar-refractivity contribution is 0.628. The van der Waals surface area contributed by atoms with Crippen molar-refractivity contribution in [2.45, 2.75) is 17.5 Å². The highest BCUT2D eigenvalue weighted by molar-refractivity contribution is 7.98. The number of nitrogens with two attached hydrogens (primary N) is 1. The lowest BCUT2D eigenvalue weighted by Gasteiger charge is -2.11. The molecule has 0 fully saturated rings. The molecular weight excluding hydrogens is 463 g/mol. The molecule has 0 amide bonds. The number of rotatable bonds is 8. The van der Waals surface area contributed by atoms with Crippen molar-refractivity contribution in [3.8, 4) is 11.4 Å². The zero-order valence-corrected chi connectivity index (χ0v) is 19.4. The molecule has 0 aliphatic rings. The molecule has 5 rings (SSSR count). The average Bonchev–Trinajstić information content (AvgIpc) is 3.26. The monoisotopic (exact) mass is 484 g/mol. The highest BCUT2D eigenvalue weighted by atomic mass is 32.2. The lowest BCUT2D eigenvalue weighted by atomic mass is 10.2. The summed E-state index contributed by atoms with van der Waals surface area (Å²) < 4.78 is 15.5. The van der Waals surface area contributed by atoms with Crippen molar-refractivity contribution < 1.29 is 4.39 Å². The van der Waals surface area contributed by atoms with Crippen LogP contribution < -0.4 is 11.1 Å². The number of aromatic nitrogens is 6. The first-order chi connectivity index (χ1) is 17.1. The molecule has 3 aromatic carbocycles. The molecule has 0 atom stereocenters. The van der Waals surface area contributed by atoms with Crippen LogP contribution in [0.15, 0.2) is 90.1 Å². The van der Waals surface area contributed by atoms with Gasteiger partial charge in [0.1, 0.15) is 11.6 Å². The predicted octanol–water partition coefficient (Wildman–Crippen LogP) is 4.94. The third-order valence-electron chi connectivity index (χ3n) is 5.06. The van der Waals surface area contributed by atoms with E-state index in [1.54, 1.807) is 12.1 Å². The Morgan fingerprint density at radius 2 is 1.54 bits per heavy atom. The smallest absolute Gasteiger partial charge is 0.232 e. The standard InChI is InChI=1S/C25H21FN8S/c26-19-13-11-18(12-14-19)22-32-33-25(34(22)15-17-7-3-1-4-8-17)35-16-21-29-23(27)31-24(30-21)28-20-9-5-2-6-10-20/h1-14H,15-16H2,(H3,27,28,29,30,31). The number of anilines is 3. The molecule has 0 bridgehead atoms. The summed E-state index contributed by atoms with van der Waals surface area (Å²) in [5.74, 6) is 1.78. The third kappa shape index (κ3) is 5.61. The van der Waals surface area contributed by atoms with E-state index in [4.69, 9.17) is 5.73 Å². The van der Waals surface area contributed by atoms with Crippen molar-refractivity contribution in [3.63, 3.8) is 0 Å². The van der Waals surface area contributed by atoms with Crippen LogP contribution in [0.5, 0.6) is 0 Å². The fourth-order valence-corrected chi connectivity index (χ4v) is 4.25. The zero-order chi connectivity index (χ0) is 24.0. The fourth-order valence-electron chi connectivity index (χ4n) is 3.45. The number of nitrogens with zero attached hydrogens (tertiary/aromatic N) is 6. The lowest BCUT2D eigenvalue weighted by Crippen LogP contribution is -2.07. The highest BCUT2D eigenvalue weighted by Gasteiger charge is 2.16. The summed E-state index contributed by atoms with van der Waals surface area (Å²) in [5.41, 5.74) is 8.65. The van der Waals surface area contributed by atoms with Crippen LogP contribution in [0.1, 0.15) is 11.4 Å². The first-order valence-electron chi connectivity index (χ1n) is 10.8. The summed E-state index contributed by atoms with van der Waals surface area (Å²) >= 11 is 1.44. The van der Waals surface area contributed by atoms with Crippen LogP contribution in [0.2, 0.25) is 0 Å². The van der Waals surface area contributed by atoms with Gasteiger partial charge in [0, 0.05) is 11.3 Å². The van der Waals surface area contributed by atoms with Crippen LogP contribution in [0.4, 0.5) is 22.0 Å². The Kier molecular flexibility index (Phi) is 6.62. The van der Waals surface area contributed by atoms with Gasteiger partial charge in [-0.2, -0.15) is 15.0 Å². The van der Waals surface area contributed by atoms with Crippen LogP contribution >= 0.6 is 11.8 Å². The maximum Gasteiger partial charge on any atom is 0.232 e. The number of nitrogen functional groups attached to an aromatic ring is 1. The van der Waals surface area contributed by atoms with Gasteiger partial charge in [-0.25, -0.2) is 4.39 Å². The van der Waals surface area contributed by atoms with Crippen molar-refractivity contribution in [1.82, 2.24) is 29.7 Å². The van der Waals surface area contributed by atoms with Gasteiger partial charge in [0.05, 0.1) is 12.3 Å². The molecule has 0 unspecified atom stereocenters. The van der Waals surface area contributed by atoms with Crippen LogP contribution in [0, 0.1) is 5.82 Å². The second-order valence-corrected chi connectivity index (χ2v) is 8.54. The molecule has 0 saturated heterocycles. The summed E-state index contributed by atoms with van der Waals surface area (Å²) in [5, 5.41) is 12.6. The van der Waals surface area contributed by atoms with Crippen LogP contribution in [-0.2, 0) is 12.3 Å². The van der Waals surface area contributed by atoms with Crippen molar-refractivity contribution >= 4 is 29.3 Å². The summed E-state index contributed by atoms with van der Waals surface area (Å²) in [6.45, 7) is 0.559. The Labute approximate surface area is 205 Å². The number of halogens is 1. The molecule has 10 heteroatoms. The Balaban J connectivity index is 1.40. The zero-order valence-electron chi connectivity index (χ0n) is 18.5. The number of nitrogens with one attached hydrogen (secondary N) is 1. The predicted molar refractivity (Wildman–Crippen MR) is 134 cm³/mol. The minimum absolute atomic E-state index is 0.131. The van der Waals surface area contributed by atoms with Gasteiger partial charge in [-0.1, -0.05) is 60.3 Å². The topological polar surface area (TPSA) is 107 Å². The van der Waals surface area contributed by atoms with E-state index in [2.05, 4.69) is 30.5 Å². The molecular formula is C25H21FN8S. The van der Waals surface area contributed by atoms with E-state index in [0.29, 0.717) is 35.1 Å². The second kappa shape index (κ2) is 10.3. The van der Waals surface area contributed by atoms with Gasteiger partial charge in [-0.3, -0.25) is 4.57 Å². The van der Waals surface area contributed by atoms with Gasteiger partial charge in [0.25, 0.3) is 0 Å². The molecule has 3 N–H and O–H groups in total. The van der Waals surface area contributed by atoms with Crippen molar-refractivity contribution in [2.75, 3.05) is 11.1 Å². The normalized spacial score (nSPS) is 10.9. The number of hydrogen-bond donors (Lipinski definition) is 2. The molecule has 0 aliphatic heterocycles. The van der Waals surface area contributed by atoms with E-state index in [-0.39, 0.29) is 11.8 Å². The first kappa shape index (κ1) is 22.5. The number of hydrogen-bond acceptors (Lipinski definition) is 8. The molecule has 8 nitrogen and oxygen atoms in total.